The number of likely N-dealkylation sites (tertiary alicyclic amines) is 1. The van der Waals surface area contributed by atoms with Crippen molar-refractivity contribution in [3.05, 3.63) is 32.4 Å². The van der Waals surface area contributed by atoms with Gasteiger partial charge in [0.2, 0.25) is 0 Å². The first-order valence-corrected chi connectivity index (χ1v) is 9.81. The molecular formula is C18H22BrN5O3. The van der Waals surface area contributed by atoms with Gasteiger partial charge in [-0.2, -0.15) is 9.50 Å². The van der Waals surface area contributed by atoms with Crippen LogP contribution in [0.4, 0.5) is 4.79 Å². The number of aromatic nitrogens is 4. The Morgan fingerprint density at radius 1 is 1.30 bits per heavy atom. The Balaban J connectivity index is 1.66. The standard InChI is InChI=1S/C18H22BrN5O3/c1-17(2,3)27-16(26)23-9-7-18(8-10-23)6-4-5-11-12(18)13(25)24-15(20-11)21-14(19)22-24/h4-5H,6-10H2,1-3H3,(H,20,21,22). The lowest BCUT2D eigenvalue weighted by Crippen LogP contribution is -2.49. The van der Waals surface area contributed by atoms with E-state index in [0.717, 1.165) is 6.42 Å². The van der Waals surface area contributed by atoms with Crippen LogP contribution in [0.2, 0.25) is 0 Å². The highest BCUT2D eigenvalue weighted by atomic mass is 79.9. The van der Waals surface area contributed by atoms with E-state index in [4.69, 9.17) is 4.74 Å². The fourth-order valence-corrected chi connectivity index (χ4v) is 4.26. The molecule has 0 saturated carbocycles. The van der Waals surface area contributed by atoms with Crippen molar-refractivity contribution in [3.63, 3.8) is 0 Å². The maximum atomic E-state index is 13.2. The van der Waals surface area contributed by atoms with E-state index in [1.807, 2.05) is 26.8 Å². The van der Waals surface area contributed by atoms with Gasteiger partial charge >= 0.3 is 6.09 Å². The first-order chi connectivity index (χ1) is 12.7. The fraction of sp³-hybridized carbons (Fsp3) is 0.556. The van der Waals surface area contributed by atoms with Crippen LogP contribution in [0.15, 0.2) is 15.6 Å². The third-order valence-electron chi connectivity index (χ3n) is 5.18. The largest absolute Gasteiger partial charge is 0.444 e. The number of hydrogen-bond donors (Lipinski definition) is 1. The highest BCUT2D eigenvalue weighted by molar-refractivity contribution is 9.10. The minimum Gasteiger partial charge on any atom is -0.444 e. The highest BCUT2D eigenvalue weighted by Gasteiger charge is 2.42. The van der Waals surface area contributed by atoms with Crippen LogP contribution in [0, 0.1) is 0 Å². The number of ether oxygens (including phenoxy) is 1. The molecule has 2 aliphatic rings. The normalized spacial score (nSPS) is 18.7. The number of nitrogens with zero attached hydrogens (tertiary/aromatic N) is 4. The number of H-pyrrole nitrogens is 1. The van der Waals surface area contributed by atoms with Gasteiger partial charge in [-0.05, 0) is 62.0 Å². The molecule has 9 heteroatoms. The SMILES string of the molecule is CC(C)(C)OC(=O)N1CCC2(CC=Cc3nc4nc(Br)[nH]n4c(=O)c32)CC1. The van der Waals surface area contributed by atoms with E-state index in [1.165, 1.54) is 4.52 Å². The highest BCUT2D eigenvalue weighted by Crippen LogP contribution is 2.41. The number of amides is 1. The van der Waals surface area contributed by atoms with Gasteiger partial charge in [-0.3, -0.25) is 9.89 Å². The summed E-state index contributed by atoms with van der Waals surface area (Å²) in [5.74, 6) is 0.346. The summed E-state index contributed by atoms with van der Waals surface area (Å²) in [5.41, 5.74) is 0.432. The van der Waals surface area contributed by atoms with Gasteiger partial charge in [0.1, 0.15) is 5.60 Å². The molecule has 2 aromatic rings. The van der Waals surface area contributed by atoms with Crippen molar-refractivity contribution in [2.24, 2.45) is 0 Å². The summed E-state index contributed by atoms with van der Waals surface area (Å²) in [4.78, 5) is 36.0. The number of fused-ring (bicyclic) bond motifs is 3. The zero-order chi connectivity index (χ0) is 19.4. The molecule has 0 unspecified atom stereocenters. The van der Waals surface area contributed by atoms with E-state index in [0.29, 0.717) is 47.7 Å². The predicted octanol–water partition coefficient (Wildman–Crippen LogP) is 2.87. The predicted molar refractivity (Wildman–Crippen MR) is 104 cm³/mol. The molecular weight excluding hydrogens is 414 g/mol. The molecule has 0 bridgehead atoms. The zero-order valence-corrected chi connectivity index (χ0v) is 17.2. The molecule has 1 fully saturated rings. The minimum atomic E-state index is -0.519. The Morgan fingerprint density at radius 3 is 2.67 bits per heavy atom. The van der Waals surface area contributed by atoms with E-state index in [-0.39, 0.29) is 17.1 Å². The fourth-order valence-electron chi connectivity index (χ4n) is 3.92. The van der Waals surface area contributed by atoms with E-state index in [1.54, 1.807) is 4.90 Å². The molecule has 0 atom stereocenters. The van der Waals surface area contributed by atoms with E-state index in [9.17, 15) is 9.59 Å². The first-order valence-electron chi connectivity index (χ1n) is 9.02. The number of carbonyl (C=O) groups excluding carboxylic acids is 1. The van der Waals surface area contributed by atoms with E-state index in [2.05, 4.69) is 37.1 Å². The summed E-state index contributed by atoms with van der Waals surface area (Å²) in [6, 6.07) is 0. The van der Waals surface area contributed by atoms with Crippen LogP contribution >= 0.6 is 15.9 Å². The molecule has 1 aliphatic heterocycles. The number of allylic oxidation sites excluding steroid dienone is 1. The van der Waals surface area contributed by atoms with Gasteiger partial charge in [0.15, 0.2) is 4.73 Å². The number of piperidine rings is 1. The number of carbonyl (C=O) groups is 1. The average molecular weight is 436 g/mol. The van der Waals surface area contributed by atoms with E-state index < -0.39 is 5.60 Å². The van der Waals surface area contributed by atoms with Crippen LogP contribution in [0.5, 0.6) is 0 Å². The lowest BCUT2D eigenvalue weighted by molar-refractivity contribution is 0.0163. The molecule has 1 N–H and O–H groups in total. The van der Waals surface area contributed by atoms with Crippen molar-refractivity contribution in [1.29, 1.82) is 0 Å². The molecule has 1 amide bonds. The number of aromatic amines is 1. The average Bonchev–Trinajstić information content (AvgIpc) is 2.95. The molecule has 3 heterocycles. The zero-order valence-electron chi connectivity index (χ0n) is 15.6. The molecule has 1 aliphatic carbocycles. The quantitative estimate of drug-likeness (QED) is 0.686. The van der Waals surface area contributed by atoms with Gasteiger partial charge in [-0.15, -0.1) is 0 Å². The summed E-state index contributed by atoms with van der Waals surface area (Å²) in [5, 5.41) is 2.89. The summed E-state index contributed by atoms with van der Waals surface area (Å²) in [7, 11) is 0. The summed E-state index contributed by atoms with van der Waals surface area (Å²) < 4.78 is 7.33. The number of rotatable bonds is 0. The van der Waals surface area contributed by atoms with Crippen molar-refractivity contribution in [1.82, 2.24) is 24.5 Å². The lowest BCUT2D eigenvalue weighted by atomic mass is 9.68. The van der Waals surface area contributed by atoms with Gasteiger partial charge in [0.25, 0.3) is 11.3 Å². The van der Waals surface area contributed by atoms with Crippen LogP contribution in [-0.2, 0) is 10.2 Å². The number of nitrogens with one attached hydrogen (secondary N) is 1. The van der Waals surface area contributed by atoms with Crippen LogP contribution in [0.3, 0.4) is 0 Å². The van der Waals surface area contributed by atoms with Crippen LogP contribution in [0.1, 0.15) is 51.3 Å². The van der Waals surface area contributed by atoms with Crippen LogP contribution in [0.25, 0.3) is 11.9 Å². The lowest BCUT2D eigenvalue weighted by Gasteiger charge is -2.42. The Kier molecular flexibility index (Phi) is 4.17. The Bertz CT molecular complexity index is 993. The number of halogens is 1. The monoisotopic (exact) mass is 435 g/mol. The second kappa shape index (κ2) is 6.19. The Labute approximate surface area is 164 Å². The van der Waals surface area contributed by atoms with E-state index >= 15 is 0 Å². The third kappa shape index (κ3) is 3.18. The van der Waals surface area contributed by atoms with Gasteiger partial charge < -0.3 is 9.64 Å². The van der Waals surface area contributed by atoms with Gasteiger partial charge in [0, 0.05) is 18.5 Å². The van der Waals surface area contributed by atoms with Crippen molar-refractivity contribution in [2.75, 3.05) is 13.1 Å². The molecule has 0 radical (unpaired) electrons. The maximum Gasteiger partial charge on any atom is 0.410 e. The molecule has 1 saturated heterocycles. The second-order valence-corrected chi connectivity index (χ2v) is 8.93. The van der Waals surface area contributed by atoms with Gasteiger partial charge in [-0.25, -0.2) is 9.78 Å². The maximum absolute atomic E-state index is 13.2. The second-order valence-electron chi connectivity index (χ2n) is 8.18. The van der Waals surface area contributed by atoms with Crippen LogP contribution < -0.4 is 5.56 Å². The van der Waals surface area contributed by atoms with Crippen molar-refractivity contribution in [3.8, 4) is 0 Å². The molecule has 4 rings (SSSR count). The van der Waals surface area contributed by atoms with Gasteiger partial charge in [0.05, 0.1) is 11.3 Å². The summed E-state index contributed by atoms with van der Waals surface area (Å²) >= 11 is 3.26. The number of hydrogen-bond acceptors (Lipinski definition) is 5. The Hall–Kier alpha value is -2.16. The molecule has 2 aromatic heterocycles. The minimum absolute atomic E-state index is 0.122. The summed E-state index contributed by atoms with van der Waals surface area (Å²) in [6.07, 6.45) is 5.82. The van der Waals surface area contributed by atoms with Crippen molar-refractivity contribution in [2.45, 2.75) is 51.0 Å². The van der Waals surface area contributed by atoms with Crippen molar-refractivity contribution >= 4 is 33.9 Å². The van der Waals surface area contributed by atoms with Crippen LogP contribution in [-0.4, -0.2) is 49.3 Å². The Morgan fingerprint density at radius 2 is 2.00 bits per heavy atom. The first kappa shape index (κ1) is 18.2. The molecule has 8 nitrogen and oxygen atoms in total. The molecule has 144 valence electrons. The third-order valence-corrected chi connectivity index (χ3v) is 5.54. The van der Waals surface area contributed by atoms with Gasteiger partial charge in [-0.1, -0.05) is 6.08 Å². The summed E-state index contributed by atoms with van der Waals surface area (Å²) in [6.45, 7) is 6.69. The smallest absolute Gasteiger partial charge is 0.410 e. The molecule has 0 aromatic carbocycles. The molecule has 1 spiro atoms. The molecule has 27 heavy (non-hydrogen) atoms. The topological polar surface area (TPSA) is 92.6 Å². The van der Waals surface area contributed by atoms with Crippen molar-refractivity contribution < 1.29 is 9.53 Å².